The van der Waals surface area contributed by atoms with E-state index >= 15 is 0 Å². The molecule has 5 unspecified atom stereocenters. The van der Waals surface area contributed by atoms with Crippen molar-refractivity contribution in [3.05, 3.63) is 65.9 Å². The maximum atomic E-state index is 13.7. The Kier molecular flexibility index (Phi) is 8.86. The quantitative estimate of drug-likeness (QED) is 0.159. The fourth-order valence-electron chi connectivity index (χ4n) is 7.87. The van der Waals surface area contributed by atoms with Crippen molar-refractivity contribution in [1.29, 1.82) is 0 Å². The Morgan fingerprint density at radius 1 is 1.08 bits per heavy atom. The zero-order valence-electron chi connectivity index (χ0n) is 29.2. The summed E-state index contributed by atoms with van der Waals surface area (Å²) >= 11 is 0. The van der Waals surface area contributed by atoms with E-state index in [4.69, 9.17) is 28.9 Å². The fourth-order valence-corrected chi connectivity index (χ4v) is 7.87. The van der Waals surface area contributed by atoms with Gasteiger partial charge in [-0.05, 0) is 78.4 Å². The van der Waals surface area contributed by atoms with E-state index in [9.17, 15) is 9.59 Å². The Morgan fingerprint density at radius 2 is 1.96 bits per heavy atom. The molecule has 0 spiro atoms. The number of aromatic amines is 2. The number of alkyl carbamates (subject to hydrolysis) is 1. The van der Waals surface area contributed by atoms with Gasteiger partial charge in [0.05, 0.1) is 54.8 Å². The molecule has 2 saturated heterocycles. The zero-order valence-corrected chi connectivity index (χ0v) is 29.2. The smallest absolute Gasteiger partial charge is 0.407 e. The second-order valence-corrected chi connectivity index (χ2v) is 13.8. The highest BCUT2D eigenvalue weighted by Gasteiger charge is 2.39. The van der Waals surface area contributed by atoms with E-state index in [1.54, 1.807) is 18.9 Å². The van der Waals surface area contributed by atoms with Gasteiger partial charge in [-0.3, -0.25) is 4.79 Å². The Morgan fingerprint density at radius 3 is 2.78 bits per heavy atom. The maximum absolute atomic E-state index is 13.7. The first-order chi connectivity index (χ1) is 24.8. The molecule has 0 bridgehead atoms. The van der Waals surface area contributed by atoms with Crippen molar-refractivity contribution in [3.8, 4) is 28.1 Å². The summed E-state index contributed by atoms with van der Waals surface area (Å²) < 4.78 is 21.9. The molecule has 266 valence electrons. The van der Waals surface area contributed by atoms with Gasteiger partial charge in [-0.15, -0.1) is 0 Å². The number of methoxy groups -OCH3 is 3. The van der Waals surface area contributed by atoms with E-state index in [-0.39, 0.29) is 18.0 Å². The summed E-state index contributed by atoms with van der Waals surface area (Å²) in [6.07, 6.45) is 3.16. The number of amides is 2. The Balaban J connectivity index is 1.03. The molecule has 5 atom stereocenters. The first-order valence-electron chi connectivity index (χ1n) is 17.5. The second-order valence-electron chi connectivity index (χ2n) is 13.8. The van der Waals surface area contributed by atoms with Crippen LogP contribution < -0.4 is 15.4 Å². The molecule has 3 aliphatic rings. The molecule has 0 saturated carbocycles. The number of rotatable bonds is 9. The average Bonchev–Trinajstić information content (AvgIpc) is 3.98. The number of nitrogens with one attached hydrogen (secondary N) is 4. The van der Waals surface area contributed by atoms with Gasteiger partial charge in [-0.2, -0.15) is 0 Å². The van der Waals surface area contributed by atoms with Gasteiger partial charge in [0, 0.05) is 38.3 Å². The van der Waals surface area contributed by atoms with Crippen LogP contribution in [0, 0.1) is 5.92 Å². The van der Waals surface area contributed by atoms with Crippen LogP contribution in [0.15, 0.2) is 48.7 Å². The number of carbonyl (C=O) groups is 2. The number of hydrogen-bond donors (Lipinski definition) is 4. The van der Waals surface area contributed by atoms with E-state index < -0.39 is 18.2 Å². The molecular weight excluding hydrogens is 650 g/mol. The second kappa shape index (κ2) is 13.6. The standard InChI is InChI=1S/C38H43N7O6/c1-20(49-3)33(44-38(47)50-4)37(46)45-11-5-6-31(45)36-40-17-30(42-36)23-7-9-25-24(13-23)19-51-32-15-26-22(14-27(25)32)8-10-28-34(26)43-35(41-28)29-12-21(16-39-29)18-48-2/h7-10,13-15,17,20-21,29,31,33,39H,5-6,11-12,16,18-19H2,1-4H3,(H,40,42)(H,41,43)(H,44,47). The molecule has 3 aromatic carbocycles. The zero-order chi connectivity index (χ0) is 35.2. The highest BCUT2D eigenvalue weighted by molar-refractivity contribution is 6.07. The van der Waals surface area contributed by atoms with Gasteiger partial charge in [0.15, 0.2) is 0 Å². The van der Waals surface area contributed by atoms with Gasteiger partial charge in [-0.1, -0.05) is 18.2 Å². The Labute approximate surface area is 295 Å². The number of H-pyrrole nitrogens is 2. The van der Waals surface area contributed by atoms with Crippen LogP contribution in [-0.2, 0) is 25.6 Å². The van der Waals surface area contributed by atoms with Crippen molar-refractivity contribution in [2.75, 3.05) is 41.0 Å². The predicted molar refractivity (Wildman–Crippen MR) is 191 cm³/mol. The topological polar surface area (TPSA) is 156 Å². The first-order valence-corrected chi connectivity index (χ1v) is 17.5. The minimum Gasteiger partial charge on any atom is -0.488 e. The summed E-state index contributed by atoms with van der Waals surface area (Å²) in [6.45, 7) is 4.41. The molecule has 8 rings (SSSR count). The molecule has 2 amide bonds. The monoisotopic (exact) mass is 693 g/mol. The normalized spacial score (nSPS) is 20.9. The summed E-state index contributed by atoms with van der Waals surface area (Å²) in [7, 11) is 4.53. The molecule has 4 N–H and O–H groups in total. The van der Waals surface area contributed by atoms with Crippen LogP contribution in [-0.4, -0.2) is 90.0 Å². The minimum atomic E-state index is -0.885. The van der Waals surface area contributed by atoms with Crippen LogP contribution in [0.1, 0.15) is 55.5 Å². The van der Waals surface area contributed by atoms with Crippen molar-refractivity contribution >= 4 is 33.8 Å². The number of carbonyl (C=O) groups excluding carboxylic acids is 2. The lowest BCUT2D eigenvalue weighted by Crippen LogP contribution is -2.54. The van der Waals surface area contributed by atoms with Crippen LogP contribution >= 0.6 is 0 Å². The van der Waals surface area contributed by atoms with Crippen molar-refractivity contribution in [1.82, 2.24) is 35.5 Å². The van der Waals surface area contributed by atoms with Gasteiger partial charge in [0.2, 0.25) is 5.91 Å². The SMILES string of the molecule is COCC1CNC(c2nc3c(ccc4cc5c(cc43)OCc3cc(-c4cnc(C6CCCN6C(=O)C(NC(=O)OC)C(C)OC)[nH]4)ccc3-5)[nH]2)C1. The minimum absolute atomic E-state index is 0.181. The lowest BCUT2D eigenvalue weighted by atomic mass is 9.92. The highest BCUT2D eigenvalue weighted by atomic mass is 16.5. The number of likely N-dealkylation sites (tertiary alicyclic amines) is 1. The van der Waals surface area contributed by atoms with E-state index in [0.29, 0.717) is 24.9 Å². The maximum Gasteiger partial charge on any atom is 0.407 e. The molecule has 13 nitrogen and oxygen atoms in total. The van der Waals surface area contributed by atoms with Crippen LogP contribution in [0.25, 0.3) is 44.2 Å². The fraction of sp³-hybridized carbons (Fsp3) is 0.421. The number of benzene rings is 3. The summed E-state index contributed by atoms with van der Waals surface area (Å²) in [5.41, 5.74) is 7.07. The number of aromatic nitrogens is 4. The summed E-state index contributed by atoms with van der Waals surface area (Å²) in [4.78, 5) is 44.2. The molecule has 51 heavy (non-hydrogen) atoms. The summed E-state index contributed by atoms with van der Waals surface area (Å²) in [5.74, 6) is 2.76. The third-order valence-electron chi connectivity index (χ3n) is 10.6. The van der Waals surface area contributed by atoms with Crippen LogP contribution in [0.5, 0.6) is 5.75 Å². The largest absolute Gasteiger partial charge is 0.488 e. The van der Waals surface area contributed by atoms with Gasteiger partial charge in [-0.25, -0.2) is 14.8 Å². The summed E-state index contributed by atoms with van der Waals surface area (Å²) in [5, 5.41) is 8.40. The molecule has 13 heteroatoms. The van der Waals surface area contributed by atoms with Gasteiger partial charge in [0.25, 0.3) is 0 Å². The predicted octanol–water partition coefficient (Wildman–Crippen LogP) is 5.39. The molecule has 3 aliphatic heterocycles. The van der Waals surface area contributed by atoms with Crippen molar-refractivity contribution in [2.24, 2.45) is 5.92 Å². The molecule has 0 radical (unpaired) electrons. The molecular formula is C38H43N7O6. The number of imidazole rings is 2. The van der Waals surface area contributed by atoms with E-state index in [1.165, 1.54) is 14.2 Å². The lowest BCUT2D eigenvalue weighted by molar-refractivity contribution is -0.137. The average molecular weight is 694 g/mol. The highest BCUT2D eigenvalue weighted by Crippen LogP contribution is 2.43. The number of fused-ring (bicyclic) bond motifs is 6. The first kappa shape index (κ1) is 33.2. The van der Waals surface area contributed by atoms with Crippen molar-refractivity contribution in [2.45, 2.75) is 57.0 Å². The van der Waals surface area contributed by atoms with E-state index in [0.717, 1.165) is 93.7 Å². The molecule has 5 heterocycles. The summed E-state index contributed by atoms with van der Waals surface area (Å²) in [6, 6.07) is 14.0. The van der Waals surface area contributed by atoms with E-state index in [1.807, 2.05) is 6.20 Å². The van der Waals surface area contributed by atoms with Gasteiger partial charge < -0.3 is 44.4 Å². The molecule has 2 aromatic heterocycles. The van der Waals surface area contributed by atoms with Crippen LogP contribution in [0.4, 0.5) is 4.79 Å². The van der Waals surface area contributed by atoms with Gasteiger partial charge >= 0.3 is 6.09 Å². The van der Waals surface area contributed by atoms with Gasteiger partial charge in [0.1, 0.15) is 30.0 Å². The molecule has 0 aliphatic carbocycles. The third kappa shape index (κ3) is 6.08. The molecule has 2 fully saturated rings. The van der Waals surface area contributed by atoms with Crippen molar-refractivity contribution in [3.63, 3.8) is 0 Å². The lowest BCUT2D eigenvalue weighted by Gasteiger charge is -2.30. The third-order valence-corrected chi connectivity index (χ3v) is 10.6. The number of ether oxygens (including phenoxy) is 4. The number of nitrogens with zero attached hydrogens (tertiary/aromatic N) is 3. The van der Waals surface area contributed by atoms with Crippen molar-refractivity contribution < 1.29 is 28.5 Å². The Bertz CT molecular complexity index is 2110. The number of hydrogen-bond acceptors (Lipinski definition) is 9. The van der Waals surface area contributed by atoms with Crippen LogP contribution in [0.3, 0.4) is 0 Å². The molecule has 5 aromatic rings. The van der Waals surface area contributed by atoms with E-state index in [2.05, 4.69) is 63.1 Å². The van der Waals surface area contributed by atoms with Crippen LogP contribution in [0.2, 0.25) is 0 Å². The Hall–Kier alpha value is -4.98.